The summed E-state index contributed by atoms with van der Waals surface area (Å²) in [5.41, 5.74) is 0.955. The lowest BCUT2D eigenvalue weighted by atomic mass is 9.93. The summed E-state index contributed by atoms with van der Waals surface area (Å²) in [7, 11) is 1.43. The average Bonchev–Trinajstić information content (AvgIpc) is 3.32. The van der Waals surface area contributed by atoms with Crippen LogP contribution in [0, 0.1) is 12.7 Å². The number of aliphatic hydroxyl groups is 1. The highest BCUT2D eigenvalue weighted by Gasteiger charge is 2.50. The normalized spacial score (nSPS) is 17.3. The monoisotopic (exact) mass is 446 g/mol. The minimum atomic E-state index is -1.86. The molecule has 8 nitrogen and oxygen atoms in total. The van der Waals surface area contributed by atoms with E-state index in [2.05, 4.69) is 15.3 Å². The number of H-pyrrole nitrogens is 1. The van der Waals surface area contributed by atoms with Crippen LogP contribution in [0.5, 0.6) is 6.01 Å². The first kappa shape index (κ1) is 20.7. The standard InChI is InChI=1S/C24H19FN4O4/c1-13-11-15(8-9-18(13)25)29-21(30)16-5-3-4-6-17(16)24(29,32)14-7-10-19-20(12-14)28-22(27-19)33-23(31)26-2/h3-12,32H,1-2H3,(H,26,31)(H,27,28). The number of carbonyl (C=O) groups excluding carboxylic acids is 2. The molecule has 0 spiro atoms. The molecular formula is C24H19FN4O4. The summed E-state index contributed by atoms with van der Waals surface area (Å²) < 4.78 is 19.0. The second-order valence-electron chi connectivity index (χ2n) is 7.71. The van der Waals surface area contributed by atoms with E-state index in [1.807, 2.05) is 0 Å². The van der Waals surface area contributed by atoms with Gasteiger partial charge < -0.3 is 20.1 Å². The van der Waals surface area contributed by atoms with Crippen molar-refractivity contribution in [3.05, 3.63) is 88.7 Å². The van der Waals surface area contributed by atoms with Gasteiger partial charge in [0.05, 0.1) is 11.0 Å². The first-order valence-electron chi connectivity index (χ1n) is 10.2. The maximum absolute atomic E-state index is 13.9. The summed E-state index contributed by atoms with van der Waals surface area (Å²) in [6.07, 6.45) is -0.680. The number of aromatic nitrogens is 2. The third-order valence-corrected chi connectivity index (χ3v) is 5.72. The molecule has 4 aromatic rings. The van der Waals surface area contributed by atoms with Gasteiger partial charge >= 0.3 is 12.1 Å². The van der Waals surface area contributed by atoms with Crippen LogP contribution >= 0.6 is 0 Å². The molecule has 1 unspecified atom stereocenters. The van der Waals surface area contributed by atoms with E-state index in [0.717, 1.165) is 0 Å². The second kappa shape index (κ2) is 7.42. The third-order valence-electron chi connectivity index (χ3n) is 5.72. The van der Waals surface area contributed by atoms with Crippen molar-refractivity contribution >= 4 is 28.7 Å². The Morgan fingerprint density at radius 2 is 1.97 bits per heavy atom. The zero-order valence-corrected chi connectivity index (χ0v) is 17.7. The number of amides is 2. The molecule has 0 aliphatic carbocycles. The van der Waals surface area contributed by atoms with Gasteiger partial charge in [0.15, 0.2) is 5.72 Å². The number of nitrogens with zero attached hydrogens (tertiary/aromatic N) is 2. The number of aryl methyl sites for hydroxylation is 1. The number of hydrogen-bond acceptors (Lipinski definition) is 5. The first-order chi connectivity index (χ1) is 15.8. The molecule has 166 valence electrons. The molecular weight excluding hydrogens is 427 g/mol. The Morgan fingerprint density at radius 3 is 2.73 bits per heavy atom. The molecule has 5 rings (SSSR count). The number of rotatable bonds is 3. The van der Waals surface area contributed by atoms with Crippen LogP contribution in [-0.2, 0) is 5.72 Å². The number of carbonyl (C=O) groups is 2. The molecule has 0 bridgehead atoms. The third kappa shape index (κ3) is 3.13. The summed E-state index contributed by atoms with van der Waals surface area (Å²) in [5.74, 6) is -0.818. The molecule has 1 atom stereocenters. The van der Waals surface area contributed by atoms with Gasteiger partial charge in [-0.25, -0.2) is 9.18 Å². The minimum absolute atomic E-state index is 0.0117. The number of hydrogen-bond donors (Lipinski definition) is 3. The van der Waals surface area contributed by atoms with E-state index >= 15 is 0 Å². The second-order valence-corrected chi connectivity index (χ2v) is 7.71. The van der Waals surface area contributed by atoms with Gasteiger partial charge in [0.1, 0.15) is 5.82 Å². The molecule has 33 heavy (non-hydrogen) atoms. The highest BCUT2D eigenvalue weighted by Crippen LogP contribution is 2.45. The van der Waals surface area contributed by atoms with Gasteiger partial charge in [0.25, 0.3) is 5.91 Å². The fraction of sp³-hybridized carbons (Fsp3) is 0.125. The van der Waals surface area contributed by atoms with E-state index in [-0.39, 0.29) is 6.01 Å². The first-order valence-corrected chi connectivity index (χ1v) is 10.2. The predicted molar refractivity (Wildman–Crippen MR) is 119 cm³/mol. The van der Waals surface area contributed by atoms with E-state index in [1.165, 1.54) is 30.1 Å². The number of ether oxygens (including phenoxy) is 1. The van der Waals surface area contributed by atoms with Crippen LogP contribution in [0.4, 0.5) is 14.9 Å². The van der Waals surface area contributed by atoms with Gasteiger partial charge in [0.2, 0.25) is 0 Å². The molecule has 0 saturated heterocycles. The summed E-state index contributed by atoms with van der Waals surface area (Å²) in [6.45, 7) is 1.59. The largest absolute Gasteiger partial charge is 0.414 e. The van der Waals surface area contributed by atoms with Crippen LogP contribution < -0.4 is 15.0 Å². The topological polar surface area (TPSA) is 108 Å². The molecule has 1 aliphatic rings. The van der Waals surface area contributed by atoms with Crippen LogP contribution in [0.2, 0.25) is 0 Å². The van der Waals surface area contributed by atoms with Gasteiger partial charge in [-0.05, 0) is 48.9 Å². The fourth-order valence-electron chi connectivity index (χ4n) is 4.11. The zero-order valence-electron chi connectivity index (χ0n) is 17.7. The summed E-state index contributed by atoms with van der Waals surface area (Å²) in [4.78, 5) is 33.2. The number of fused-ring (bicyclic) bond motifs is 2. The number of benzene rings is 3. The van der Waals surface area contributed by atoms with E-state index in [4.69, 9.17) is 4.74 Å². The molecule has 1 aliphatic heterocycles. The van der Waals surface area contributed by atoms with Crippen LogP contribution in [0.25, 0.3) is 11.0 Å². The molecule has 2 heterocycles. The summed E-state index contributed by atoms with van der Waals surface area (Å²) in [6, 6.07) is 15.9. The van der Waals surface area contributed by atoms with E-state index in [0.29, 0.717) is 39.0 Å². The molecule has 1 aromatic heterocycles. The Kier molecular flexibility index (Phi) is 4.64. The quantitative estimate of drug-likeness (QED) is 0.446. The SMILES string of the molecule is CNC(=O)Oc1nc2ccc(C3(O)c4ccccc4C(=O)N3c3ccc(F)c(C)c3)cc2[nH]1. The van der Waals surface area contributed by atoms with Gasteiger partial charge in [0, 0.05) is 29.4 Å². The van der Waals surface area contributed by atoms with Gasteiger partial charge in [-0.2, -0.15) is 4.98 Å². The number of aromatic amines is 1. The maximum atomic E-state index is 13.9. The lowest BCUT2D eigenvalue weighted by Crippen LogP contribution is -2.45. The van der Waals surface area contributed by atoms with Crippen molar-refractivity contribution < 1.29 is 23.8 Å². The molecule has 9 heteroatoms. The number of anilines is 1. The Labute approximate surface area is 187 Å². The van der Waals surface area contributed by atoms with Crippen LogP contribution in [-0.4, -0.2) is 34.1 Å². The van der Waals surface area contributed by atoms with E-state index < -0.39 is 23.5 Å². The highest BCUT2D eigenvalue weighted by atomic mass is 19.1. The minimum Gasteiger partial charge on any atom is -0.375 e. The highest BCUT2D eigenvalue weighted by molar-refractivity contribution is 6.12. The number of halogens is 1. The van der Waals surface area contributed by atoms with Gasteiger partial charge in [-0.1, -0.05) is 24.3 Å². The Hall–Kier alpha value is -4.24. The van der Waals surface area contributed by atoms with Crippen LogP contribution in [0.15, 0.2) is 60.7 Å². The summed E-state index contributed by atoms with van der Waals surface area (Å²) in [5, 5.41) is 14.4. The number of imidazole rings is 1. The van der Waals surface area contributed by atoms with Gasteiger partial charge in [-0.3, -0.25) is 9.69 Å². The van der Waals surface area contributed by atoms with Crippen molar-refractivity contribution in [1.82, 2.24) is 15.3 Å². The van der Waals surface area contributed by atoms with Crippen molar-refractivity contribution in [3.63, 3.8) is 0 Å². The Morgan fingerprint density at radius 1 is 1.18 bits per heavy atom. The van der Waals surface area contributed by atoms with Crippen molar-refractivity contribution in [1.29, 1.82) is 0 Å². The lowest BCUT2D eigenvalue weighted by Gasteiger charge is -2.35. The Balaban J connectivity index is 1.68. The lowest BCUT2D eigenvalue weighted by molar-refractivity contribution is 0.0704. The molecule has 0 radical (unpaired) electrons. The van der Waals surface area contributed by atoms with E-state index in [1.54, 1.807) is 49.4 Å². The average molecular weight is 446 g/mol. The van der Waals surface area contributed by atoms with Crippen molar-refractivity contribution in [2.75, 3.05) is 11.9 Å². The smallest absolute Gasteiger partial charge is 0.375 e. The molecule has 0 saturated carbocycles. The Bertz CT molecular complexity index is 1430. The van der Waals surface area contributed by atoms with Crippen molar-refractivity contribution in [2.45, 2.75) is 12.6 Å². The number of nitrogens with one attached hydrogen (secondary N) is 2. The van der Waals surface area contributed by atoms with Crippen LogP contribution in [0.3, 0.4) is 0 Å². The molecule has 2 amide bonds. The van der Waals surface area contributed by atoms with Crippen LogP contribution in [0.1, 0.15) is 27.0 Å². The van der Waals surface area contributed by atoms with E-state index in [9.17, 15) is 19.1 Å². The van der Waals surface area contributed by atoms with Crippen molar-refractivity contribution in [3.8, 4) is 6.01 Å². The van der Waals surface area contributed by atoms with Gasteiger partial charge in [-0.15, -0.1) is 0 Å². The molecule has 3 aromatic carbocycles. The fourth-order valence-corrected chi connectivity index (χ4v) is 4.11. The molecule has 3 N–H and O–H groups in total. The summed E-state index contributed by atoms with van der Waals surface area (Å²) >= 11 is 0. The van der Waals surface area contributed by atoms with Crippen molar-refractivity contribution in [2.24, 2.45) is 0 Å². The maximum Gasteiger partial charge on any atom is 0.414 e. The molecule has 0 fully saturated rings. The predicted octanol–water partition coefficient (Wildman–Crippen LogP) is 3.58. The zero-order chi connectivity index (χ0) is 23.3.